The van der Waals surface area contributed by atoms with Gasteiger partial charge in [0, 0.05) is 13.1 Å². The Morgan fingerprint density at radius 2 is 2.11 bits per heavy atom. The summed E-state index contributed by atoms with van der Waals surface area (Å²) < 4.78 is 0. The largest absolute Gasteiger partial charge is 0.341 e. The fourth-order valence-corrected chi connectivity index (χ4v) is 2.97. The summed E-state index contributed by atoms with van der Waals surface area (Å²) in [5.74, 6) is 0.701. The number of rotatable bonds is 3. The zero-order chi connectivity index (χ0) is 13.8. The van der Waals surface area contributed by atoms with E-state index >= 15 is 0 Å². The Morgan fingerprint density at radius 1 is 1.42 bits per heavy atom. The van der Waals surface area contributed by atoms with Crippen LogP contribution in [-0.2, 0) is 4.79 Å². The smallest absolute Gasteiger partial charge is 0.230 e. The standard InChI is InChI=1S/C16H22ClNO/c1-3-14(13-7-5-4-6-8-13)16(19)18-10-9-12(2)15(17)11-18/h4-8,12,14-15H,3,9-11H2,1-2H3. The Morgan fingerprint density at radius 3 is 2.68 bits per heavy atom. The van der Waals surface area contributed by atoms with E-state index in [2.05, 4.69) is 13.8 Å². The average Bonchev–Trinajstić information content (AvgIpc) is 2.44. The minimum Gasteiger partial charge on any atom is -0.341 e. The van der Waals surface area contributed by atoms with E-state index in [1.165, 1.54) is 0 Å². The van der Waals surface area contributed by atoms with Crippen molar-refractivity contribution in [3.63, 3.8) is 0 Å². The SMILES string of the molecule is CCC(C(=O)N1CCC(C)C(Cl)C1)c1ccccc1. The molecule has 2 nitrogen and oxygen atoms in total. The molecule has 104 valence electrons. The summed E-state index contributed by atoms with van der Waals surface area (Å²) in [5, 5.41) is 0.0889. The Kier molecular flexibility index (Phi) is 4.87. The van der Waals surface area contributed by atoms with Crippen molar-refractivity contribution in [3.05, 3.63) is 35.9 Å². The van der Waals surface area contributed by atoms with Crippen LogP contribution in [-0.4, -0.2) is 29.3 Å². The first-order valence-electron chi connectivity index (χ1n) is 7.11. The maximum atomic E-state index is 12.6. The molecule has 19 heavy (non-hydrogen) atoms. The zero-order valence-corrected chi connectivity index (χ0v) is 12.4. The van der Waals surface area contributed by atoms with Crippen molar-refractivity contribution < 1.29 is 4.79 Å². The molecule has 1 aliphatic heterocycles. The fourth-order valence-electron chi connectivity index (χ4n) is 2.68. The van der Waals surface area contributed by atoms with Crippen molar-refractivity contribution in [2.45, 2.75) is 38.0 Å². The van der Waals surface area contributed by atoms with Crippen molar-refractivity contribution in [2.24, 2.45) is 5.92 Å². The van der Waals surface area contributed by atoms with Crippen molar-refractivity contribution >= 4 is 17.5 Å². The van der Waals surface area contributed by atoms with E-state index in [1.54, 1.807) is 0 Å². The molecule has 3 atom stereocenters. The maximum Gasteiger partial charge on any atom is 0.230 e. The van der Waals surface area contributed by atoms with E-state index in [0.717, 1.165) is 24.9 Å². The van der Waals surface area contributed by atoms with Crippen molar-refractivity contribution in [1.29, 1.82) is 0 Å². The van der Waals surface area contributed by atoms with Crippen LogP contribution in [0.5, 0.6) is 0 Å². The second kappa shape index (κ2) is 6.42. The third kappa shape index (κ3) is 3.30. The number of piperidine rings is 1. The zero-order valence-electron chi connectivity index (χ0n) is 11.7. The van der Waals surface area contributed by atoms with Gasteiger partial charge in [-0.3, -0.25) is 4.79 Å². The van der Waals surface area contributed by atoms with Gasteiger partial charge in [-0.25, -0.2) is 0 Å². The molecular formula is C16H22ClNO. The van der Waals surface area contributed by atoms with Crippen molar-refractivity contribution in [1.82, 2.24) is 4.90 Å². The molecule has 0 radical (unpaired) electrons. The van der Waals surface area contributed by atoms with Gasteiger partial charge in [0.05, 0.1) is 11.3 Å². The first kappa shape index (κ1) is 14.4. The lowest BCUT2D eigenvalue weighted by Crippen LogP contribution is -2.45. The van der Waals surface area contributed by atoms with Gasteiger partial charge in [-0.2, -0.15) is 0 Å². The minimum absolute atomic E-state index is 0.0292. The molecule has 0 N–H and O–H groups in total. The molecule has 1 aromatic rings. The molecular weight excluding hydrogens is 258 g/mol. The third-order valence-electron chi connectivity index (χ3n) is 4.09. The number of benzene rings is 1. The van der Waals surface area contributed by atoms with Crippen LogP contribution >= 0.6 is 11.6 Å². The maximum absolute atomic E-state index is 12.6. The molecule has 0 spiro atoms. The Bertz CT molecular complexity index is 420. The van der Waals surface area contributed by atoms with E-state index < -0.39 is 0 Å². The lowest BCUT2D eigenvalue weighted by atomic mass is 9.92. The van der Waals surface area contributed by atoms with E-state index in [9.17, 15) is 4.79 Å². The van der Waals surface area contributed by atoms with Crippen LogP contribution in [0.25, 0.3) is 0 Å². The highest BCUT2D eigenvalue weighted by molar-refractivity contribution is 6.21. The van der Waals surface area contributed by atoms with Crippen LogP contribution in [0.3, 0.4) is 0 Å². The molecule has 0 aromatic heterocycles. The second-order valence-electron chi connectivity index (χ2n) is 5.44. The minimum atomic E-state index is -0.0292. The first-order valence-corrected chi connectivity index (χ1v) is 7.55. The van der Waals surface area contributed by atoms with Gasteiger partial charge in [0.15, 0.2) is 0 Å². The molecule has 1 fully saturated rings. The molecule has 1 saturated heterocycles. The molecule has 0 aliphatic carbocycles. The number of amides is 1. The van der Waals surface area contributed by atoms with Crippen LogP contribution in [0.15, 0.2) is 30.3 Å². The molecule has 1 amide bonds. The lowest BCUT2D eigenvalue weighted by molar-refractivity contribution is -0.134. The molecule has 1 aromatic carbocycles. The molecule has 3 heteroatoms. The number of carbonyl (C=O) groups is 1. The first-order chi connectivity index (χ1) is 9.13. The highest BCUT2D eigenvalue weighted by atomic mass is 35.5. The van der Waals surface area contributed by atoms with Gasteiger partial charge >= 0.3 is 0 Å². The highest BCUT2D eigenvalue weighted by Crippen LogP contribution is 2.27. The number of nitrogens with zero attached hydrogens (tertiary/aromatic N) is 1. The third-order valence-corrected chi connectivity index (χ3v) is 4.65. The lowest BCUT2D eigenvalue weighted by Gasteiger charge is -2.36. The van der Waals surface area contributed by atoms with E-state index in [4.69, 9.17) is 11.6 Å². The number of carbonyl (C=O) groups excluding carboxylic acids is 1. The summed E-state index contributed by atoms with van der Waals surface area (Å²) in [6.45, 7) is 5.76. The Balaban J connectivity index is 2.09. The van der Waals surface area contributed by atoms with Gasteiger partial charge in [-0.1, -0.05) is 44.2 Å². The van der Waals surface area contributed by atoms with Gasteiger partial charge in [-0.05, 0) is 24.3 Å². The summed E-state index contributed by atoms with van der Waals surface area (Å²) in [7, 11) is 0. The number of halogens is 1. The summed E-state index contributed by atoms with van der Waals surface area (Å²) in [4.78, 5) is 14.6. The molecule has 2 rings (SSSR count). The predicted octanol–water partition coefficient (Wildman–Crippen LogP) is 3.66. The van der Waals surface area contributed by atoms with Gasteiger partial charge in [0.1, 0.15) is 0 Å². The van der Waals surface area contributed by atoms with Gasteiger partial charge in [0.25, 0.3) is 0 Å². The van der Waals surface area contributed by atoms with Crippen molar-refractivity contribution in [3.8, 4) is 0 Å². The van der Waals surface area contributed by atoms with Crippen LogP contribution < -0.4 is 0 Å². The van der Waals surface area contributed by atoms with Crippen LogP contribution in [0.2, 0.25) is 0 Å². The quantitative estimate of drug-likeness (QED) is 0.774. The summed E-state index contributed by atoms with van der Waals surface area (Å²) in [5.41, 5.74) is 1.11. The number of alkyl halides is 1. The molecule has 1 aliphatic rings. The van der Waals surface area contributed by atoms with Crippen LogP contribution in [0.1, 0.15) is 38.2 Å². The average molecular weight is 280 g/mol. The van der Waals surface area contributed by atoms with Crippen molar-refractivity contribution in [2.75, 3.05) is 13.1 Å². The number of likely N-dealkylation sites (tertiary alicyclic amines) is 1. The molecule has 1 heterocycles. The Hall–Kier alpha value is -1.02. The number of hydrogen-bond acceptors (Lipinski definition) is 1. The van der Waals surface area contributed by atoms with E-state index in [-0.39, 0.29) is 17.2 Å². The fraction of sp³-hybridized carbons (Fsp3) is 0.562. The van der Waals surface area contributed by atoms with Gasteiger partial charge in [-0.15, -0.1) is 11.6 Å². The normalized spacial score (nSPS) is 25.1. The van der Waals surface area contributed by atoms with Crippen LogP contribution in [0, 0.1) is 5.92 Å². The van der Waals surface area contributed by atoms with Gasteiger partial charge in [0.2, 0.25) is 5.91 Å². The van der Waals surface area contributed by atoms with Crippen LogP contribution in [0.4, 0.5) is 0 Å². The van der Waals surface area contributed by atoms with E-state index in [1.807, 2.05) is 35.2 Å². The topological polar surface area (TPSA) is 20.3 Å². The predicted molar refractivity (Wildman–Crippen MR) is 79.5 cm³/mol. The number of hydrogen-bond donors (Lipinski definition) is 0. The summed E-state index contributed by atoms with van der Waals surface area (Å²) in [6, 6.07) is 10.0. The Labute approximate surface area is 120 Å². The monoisotopic (exact) mass is 279 g/mol. The highest BCUT2D eigenvalue weighted by Gasteiger charge is 2.31. The van der Waals surface area contributed by atoms with Gasteiger partial charge < -0.3 is 4.90 Å². The summed E-state index contributed by atoms with van der Waals surface area (Å²) >= 11 is 6.31. The van der Waals surface area contributed by atoms with E-state index in [0.29, 0.717) is 12.5 Å². The molecule has 0 bridgehead atoms. The molecule has 0 saturated carbocycles. The molecule has 3 unspecified atom stereocenters. The summed E-state index contributed by atoms with van der Waals surface area (Å²) in [6.07, 6.45) is 1.84. The second-order valence-corrected chi connectivity index (χ2v) is 6.00.